The van der Waals surface area contributed by atoms with Gasteiger partial charge in [0, 0.05) is 37.7 Å². The summed E-state index contributed by atoms with van der Waals surface area (Å²) in [6, 6.07) is 0. The molecule has 1 saturated heterocycles. The molecule has 8 heteroatoms. The molecule has 0 aromatic heterocycles. The fourth-order valence-corrected chi connectivity index (χ4v) is 4.49. The number of nitrogens with one attached hydrogen (secondary N) is 1. The molecule has 1 rings (SSSR count). The zero-order valence-corrected chi connectivity index (χ0v) is 19.1. The molecule has 0 amide bonds. The van der Waals surface area contributed by atoms with Gasteiger partial charge in [-0.3, -0.25) is 4.99 Å². The minimum Gasteiger partial charge on any atom is -0.355 e. The van der Waals surface area contributed by atoms with Gasteiger partial charge in [0.25, 0.3) is 0 Å². The maximum Gasteiger partial charge on any atom is 0.193 e. The van der Waals surface area contributed by atoms with Crippen LogP contribution >= 0.6 is 35.7 Å². The fourth-order valence-electron chi connectivity index (χ4n) is 2.21. The molecule has 0 aromatic carbocycles. The first kappa shape index (κ1) is 23.3. The Balaban J connectivity index is 0.00000484. The van der Waals surface area contributed by atoms with Gasteiger partial charge in [-0.2, -0.15) is 11.8 Å². The molecule has 1 aliphatic rings. The Morgan fingerprint density at radius 3 is 2.48 bits per heavy atom. The lowest BCUT2D eigenvalue weighted by Crippen LogP contribution is -2.50. The van der Waals surface area contributed by atoms with E-state index in [1.165, 1.54) is 0 Å². The molecule has 0 aromatic rings. The maximum atomic E-state index is 12.1. The number of rotatable bonds is 4. The van der Waals surface area contributed by atoms with E-state index in [-0.39, 0.29) is 29.7 Å². The number of aliphatic imine (C=N–C) groups is 1. The van der Waals surface area contributed by atoms with E-state index in [0.29, 0.717) is 17.7 Å². The second-order valence-electron chi connectivity index (χ2n) is 7.00. The highest BCUT2D eigenvalue weighted by Crippen LogP contribution is 2.24. The van der Waals surface area contributed by atoms with Crippen molar-refractivity contribution in [3.05, 3.63) is 0 Å². The molecule has 5 nitrogen and oxygen atoms in total. The molecular weight excluding hydrogens is 445 g/mol. The first-order chi connectivity index (χ1) is 10.1. The average molecular weight is 477 g/mol. The van der Waals surface area contributed by atoms with Crippen molar-refractivity contribution in [1.82, 2.24) is 10.2 Å². The van der Waals surface area contributed by atoms with Crippen LogP contribution in [0, 0.1) is 5.92 Å². The third-order valence-electron chi connectivity index (χ3n) is 3.94. The van der Waals surface area contributed by atoms with Crippen molar-refractivity contribution in [2.24, 2.45) is 10.9 Å². The zero-order valence-electron chi connectivity index (χ0n) is 15.1. The highest BCUT2D eigenvalue weighted by atomic mass is 127. The van der Waals surface area contributed by atoms with Gasteiger partial charge >= 0.3 is 0 Å². The van der Waals surface area contributed by atoms with Crippen LogP contribution in [0.5, 0.6) is 0 Å². The maximum absolute atomic E-state index is 12.1. The van der Waals surface area contributed by atoms with Crippen molar-refractivity contribution >= 4 is 51.5 Å². The number of nitrogens with zero attached hydrogens (tertiary/aromatic N) is 2. The van der Waals surface area contributed by atoms with E-state index in [0.717, 1.165) is 24.8 Å². The largest absolute Gasteiger partial charge is 0.355 e. The molecule has 1 heterocycles. The molecule has 0 saturated carbocycles. The summed E-state index contributed by atoms with van der Waals surface area (Å²) < 4.78 is 23.6. The van der Waals surface area contributed by atoms with Crippen molar-refractivity contribution in [1.29, 1.82) is 0 Å². The third kappa shape index (κ3) is 6.97. The molecule has 0 bridgehead atoms. The Kier molecular flexibility index (Phi) is 9.82. The van der Waals surface area contributed by atoms with Gasteiger partial charge < -0.3 is 10.2 Å². The molecular formula is C15H32IN3O2S2. The predicted octanol–water partition coefficient (Wildman–Crippen LogP) is 2.47. The quantitative estimate of drug-likeness (QED) is 0.383. The molecule has 138 valence electrons. The molecule has 1 fully saturated rings. The molecule has 1 atom stereocenters. The van der Waals surface area contributed by atoms with Gasteiger partial charge in [0.15, 0.2) is 15.8 Å². The topological polar surface area (TPSA) is 61.8 Å². The smallest absolute Gasteiger partial charge is 0.193 e. The number of sulfone groups is 1. The lowest BCUT2D eigenvalue weighted by Gasteiger charge is -2.36. The van der Waals surface area contributed by atoms with Gasteiger partial charge in [-0.15, -0.1) is 24.0 Å². The van der Waals surface area contributed by atoms with Crippen molar-refractivity contribution < 1.29 is 8.42 Å². The van der Waals surface area contributed by atoms with E-state index in [1.54, 1.807) is 27.8 Å². The van der Waals surface area contributed by atoms with Gasteiger partial charge in [-0.1, -0.05) is 13.8 Å². The summed E-state index contributed by atoms with van der Waals surface area (Å²) >= 11 is 2.01. The Labute approximate surface area is 163 Å². The van der Waals surface area contributed by atoms with Crippen LogP contribution in [-0.2, 0) is 9.84 Å². The van der Waals surface area contributed by atoms with E-state index < -0.39 is 14.6 Å². The van der Waals surface area contributed by atoms with Crippen LogP contribution in [0.1, 0.15) is 34.6 Å². The van der Waals surface area contributed by atoms with Crippen molar-refractivity contribution in [3.8, 4) is 0 Å². The molecule has 0 spiro atoms. The van der Waals surface area contributed by atoms with Crippen LogP contribution in [0.25, 0.3) is 0 Å². The van der Waals surface area contributed by atoms with E-state index in [4.69, 9.17) is 0 Å². The molecule has 0 aliphatic carbocycles. The lowest BCUT2D eigenvalue weighted by molar-refractivity contribution is 0.382. The Hall–Kier alpha value is 0.300. The van der Waals surface area contributed by atoms with Gasteiger partial charge in [0.05, 0.1) is 10.5 Å². The van der Waals surface area contributed by atoms with Crippen LogP contribution in [0.4, 0.5) is 0 Å². The SMILES string of the molecule is CN=C(NCCS(=O)(=O)C(C)(C)C)N1CCSC(C(C)C)C1.I. The number of hydrogen-bond acceptors (Lipinski definition) is 4. The third-order valence-corrected chi connectivity index (χ3v) is 8.08. The number of guanidine groups is 1. The monoisotopic (exact) mass is 477 g/mol. The van der Waals surface area contributed by atoms with Crippen molar-refractivity contribution in [2.45, 2.75) is 44.6 Å². The Bertz CT molecular complexity index is 487. The van der Waals surface area contributed by atoms with E-state index in [1.807, 2.05) is 11.8 Å². The highest BCUT2D eigenvalue weighted by molar-refractivity contribution is 14.0. The number of thioether (sulfide) groups is 1. The summed E-state index contributed by atoms with van der Waals surface area (Å²) in [4.78, 5) is 6.56. The average Bonchev–Trinajstić information content (AvgIpc) is 2.42. The van der Waals surface area contributed by atoms with Gasteiger partial charge in [-0.05, 0) is 26.7 Å². The van der Waals surface area contributed by atoms with E-state index in [9.17, 15) is 8.42 Å². The standard InChI is InChI=1S/C15H31N3O2S2.HI/c1-12(2)13-11-18(8-9-21-13)14(16-6)17-7-10-22(19,20)15(3,4)5;/h12-13H,7-11H2,1-6H3,(H,16,17);1H. The van der Waals surface area contributed by atoms with Crippen molar-refractivity contribution in [3.63, 3.8) is 0 Å². The second-order valence-corrected chi connectivity index (χ2v) is 11.2. The summed E-state index contributed by atoms with van der Waals surface area (Å²) in [7, 11) is -1.34. The van der Waals surface area contributed by atoms with Crippen LogP contribution in [0.2, 0.25) is 0 Å². The molecule has 0 radical (unpaired) electrons. The molecule has 1 N–H and O–H groups in total. The fraction of sp³-hybridized carbons (Fsp3) is 0.933. The second kappa shape index (κ2) is 9.70. The van der Waals surface area contributed by atoms with Crippen LogP contribution in [-0.4, -0.2) is 67.5 Å². The van der Waals surface area contributed by atoms with Crippen molar-refractivity contribution in [2.75, 3.05) is 38.2 Å². The Morgan fingerprint density at radius 1 is 1.39 bits per heavy atom. The summed E-state index contributed by atoms with van der Waals surface area (Å²) in [5, 5.41) is 3.82. The molecule has 23 heavy (non-hydrogen) atoms. The summed E-state index contributed by atoms with van der Waals surface area (Å²) in [6.07, 6.45) is 0. The predicted molar refractivity (Wildman–Crippen MR) is 113 cm³/mol. The van der Waals surface area contributed by atoms with Crippen LogP contribution < -0.4 is 5.32 Å². The van der Waals surface area contributed by atoms with Gasteiger partial charge in [0.2, 0.25) is 0 Å². The van der Waals surface area contributed by atoms with Crippen LogP contribution in [0.15, 0.2) is 4.99 Å². The molecule has 1 unspecified atom stereocenters. The lowest BCUT2D eigenvalue weighted by atomic mass is 10.1. The zero-order chi connectivity index (χ0) is 17.0. The minimum absolute atomic E-state index is 0. The molecule has 1 aliphatic heterocycles. The van der Waals surface area contributed by atoms with E-state index in [2.05, 4.69) is 29.1 Å². The van der Waals surface area contributed by atoms with Crippen LogP contribution in [0.3, 0.4) is 0 Å². The first-order valence-electron chi connectivity index (χ1n) is 7.88. The van der Waals surface area contributed by atoms with Gasteiger partial charge in [-0.25, -0.2) is 8.42 Å². The number of hydrogen-bond donors (Lipinski definition) is 1. The summed E-state index contributed by atoms with van der Waals surface area (Å²) in [6.45, 7) is 12.0. The summed E-state index contributed by atoms with van der Waals surface area (Å²) in [5.41, 5.74) is 0. The van der Waals surface area contributed by atoms with E-state index >= 15 is 0 Å². The van der Waals surface area contributed by atoms with Gasteiger partial charge in [0.1, 0.15) is 0 Å². The first-order valence-corrected chi connectivity index (χ1v) is 10.6. The number of halogens is 1. The highest BCUT2D eigenvalue weighted by Gasteiger charge is 2.29. The normalized spacial score (nSPS) is 20.4. The summed E-state index contributed by atoms with van der Waals surface area (Å²) in [5.74, 6) is 2.66. The minimum atomic E-state index is -3.10. The Morgan fingerprint density at radius 2 is 2.00 bits per heavy atom.